The summed E-state index contributed by atoms with van der Waals surface area (Å²) in [7, 11) is 4.03. The van der Waals surface area contributed by atoms with Crippen molar-refractivity contribution in [3.8, 4) is 17.2 Å². The van der Waals surface area contributed by atoms with Gasteiger partial charge in [-0.2, -0.15) is 0 Å². The van der Waals surface area contributed by atoms with Gasteiger partial charge in [0, 0.05) is 18.7 Å². The van der Waals surface area contributed by atoms with Crippen LogP contribution in [0.2, 0.25) is 0 Å². The van der Waals surface area contributed by atoms with Crippen molar-refractivity contribution in [1.29, 1.82) is 0 Å². The summed E-state index contributed by atoms with van der Waals surface area (Å²) >= 11 is 0. The van der Waals surface area contributed by atoms with Gasteiger partial charge in [0.15, 0.2) is 11.5 Å². The molecule has 0 radical (unpaired) electrons. The van der Waals surface area contributed by atoms with Crippen LogP contribution in [0.5, 0.6) is 17.2 Å². The van der Waals surface area contributed by atoms with E-state index in [-0.39, 0.29) is 18.7 Å². The van der Waals surface area contributed by atoms with Crippen LogP contribution in [0.3, 0.4) is 0 Å². The standard InChI is InChI=1S/C22H26N2O4/c1-15-4-6-19-17(8-15)11-24(18(13-26-19)12-23(2)3)22(25)10-16-5-7-20-21(9-16)28-14-27-20/h4-9,18H,10-14H2,1-3H3/t18-/m0/s1. The van der Waals surface area contributed by atoms with Gasteiger partial charge in [-0.25, -0.2) is 0 Å². The van der Waals surface area contributed by atoms with Gasteiger partial charge in [-0.3, -0.25) is 4.79 Å². The van der Waals surface area contributed by atoms with Crippen molar-refractivity contribution in [1.82, 2.24) is 9.80 Å². The Labute approximate surface area is 165 Å². The molecule has 0 spiro atoms. The molecule has 0 N–H and O–H groups in total. The lowest BCUT2D eigenvalue weighted by atomic mass is 10.1. The van der Waals surface area contributed by atoms with Crippen LogP contribution >= 0.6 is 0 Å². The maximum atomic E-state index is 13.3. The van der Waals surface area contributed by atoms with Gasteiger partial charge >= 0.3 is 0 Å². The van der Waals surface area contributed by atoms with E-state index >= 15 is 0 Å². The molecular formula is C22H26N2O4. The summed E-state index contributed by atoms with van der Waals surface area (Å²) in [5, 5.41) is 0. The van der Waals surface area contributed by atoms with Gasteiger partial charge in [0.1, 0.15) is 12.4 Å². The average Bonchev–Trinajstić information content (AvgIpc) is 3.04. The quantitative estimate of drug-likeness (QED) is 0.814. The van der Waals surface area contributed by atoms with E-state index < -0.39 is 0 Å². The third-order valence-corrected chi connectivity index (χ3v) is 5.12. The molecule has 0 bridgehead atoms. The van der Waals surface area contributed by atoms with Crippen LogP contribution in [0.25, 0.3) is 0 Å². The van der Waals surface area contributed by atoms with Gasteiger partial charge in [0.25, 0.3) is 0 Å². The Kier molecular flexibility index (Phi) is 5.13. The number of amides is 1. The normalized spacial score (nSPS) is 17.9. The van der Waals surface area contributed by atoms with E-state index in [2.05, 4.69) is 17.9 Å². The zero-order chi connectivity index (χ0) is 19.7. The first-order valence-corrected chi connectivity index (χ1v) is 9.54. The second-order valence-corrected chi connectivity index (χ2v) is 7.72. The molecule has 0 aromatic heterocycles. The highest BCUT2D eigenvalue weighted by Crippen LogP contribution is 2.33. The smallest absolute Gasteiger partial charge is 0.231 e. The van der Waals surface area contributed by atoms with Gasteiger partial charge in [-0.1, -0.05) is 23.8 Å². The van der Waals surface area contributed by atoms with Crippen molar-refractivity contribution in [2.24, 2.45) is 0 Å². The summed E-state index contributed by atoms with van der Waals surface area (Å²) in [6.45, 7) is 4.08. The highest BCUT2D eigenvalue weighted by Gasteiger charge is 2.29. The number of benzene rings is 2. The molecule has 148 valence electrons. The number of hydrogen-bond donors (Lipinski definition) is 0. The molecule has 0 unspecified atom stereocenters. The van der Waals surface area contributed by atoms with E-state index in [1.165, 1.54) is 0 Å². The molecule has 2 aliphatic rings. The summed E-state index contributed by atoms with van der Waals surface area (Å²) in [5.41, 5.74) is 3.14. The van der Waals surface area contributed by atoms with Crippen LogP contribution in [0, 0.1) is 6.92 Å². The lowest BCUT2D eigenvalue weighted by Gasteiger charge is -2.31. The molecule has 0 saturated heterocycles. The highest BCUT2D eigenvalue weighted by molar-refractivity contribution is 5.79. The van der Waals surface area contributed by atoms with Crippen LogP contribution in [0.4, 0.5) is 0 Å². The molecular weight excluding hydrogens is 356 g/mol. The highest BCUT2D eigenvalue weighted by atomic mass is 16.7. The third kappa shape index (κ3) is 3.92. The maximum absolute atomic E-state index is 13.3. The van der Waals surface area contributed by atoms with E-state index in [1.54, 1.807) is 0 Å². The van der Waals surface area contributed by atoms with Crippen molar-refractivity contribution >= 4 is 5.91 Å². The monoisotopic (exact) mass is 382 g/mol. The second kappa shape index (κ2) is 7.72. The van der Waals surface area contributed by atoms with Crippen LogP contribution in [0.15, 0.2) is 36.4 Å². The Hall–Kier alpha value is -2.73. The number of rotatable bonds is 4. The van der Waals surface area contributed by atoms with Gasteiger partial charge < -0.3 is 24.0 Å². The number of fused-ring (bicyclic) bond motifs is 2. The Morgan fingerprint density at radius 1 is 1.07 bits per heavy atom. The Balaban J connectivity index is 1.58. The van der Waals surface area contributed by atoms with E-state index in [0.717, 1.165) is 34.7 Å². The topological polar surface area (TPSA) is 51.2 Å². The molecule has 28 heavy (non-hydrogen) atoms. The van der Waals surface area contributed by atoms with E-state index in [1.807, 2.05) is 49.3 Å². The molecule has 2 aromatic carbocycles. The molecule has 2 heterocycles. The fraction of sp³-hybridized carbons (Fsp3) is 0.409. The zero-order valence-electron chi connectivity index (χ0n) is 16.6. The van der Waals surface area contributed by atoms with Gasteiger partial charge in [-0.05, 0) is 44.8 Å². The Bertz CT molecular complexity index is 881. The van der Waals surface area contributed by atoms with Gasteiger partial charge in [0.2, 0.25) is 12.7 Å². The number of ether oxygens (including phenoxy) is 3. The van der Waals surface area contributed by atoms with Crippen LogP contribution in [-0.4, -0.2) is 55.8 Å². The SMILES string of the molecule is Cc1ccc2c(c1)CN(C(=O)Cc1ccc3c(c1)OCO3)[C@@H](CN(C)C)CO2. The van der Waals surface area contributed by atoms with Crippen LogP contribution in [0.1, 0.15) is 16.7 Å². The lowest BCUT2D eigenvalue weighted by molar-refractivity contribution is -0.134. The number of hydrogen-bond acceptors (Lipinski definition) is 5. The van der Waals surface area contributed by atoms with E-state index in [9.17, 15) is 4.79 Å². The van der Waals surface area contributed by atoms with Gasteiger partial charge in [0.05, 0.1) is 12.5 Å². The van der Waals surface area contributed by atoms with E-state index in [0.29, 0.717) is 25.3 Å². The second-order valence-electron chi connectivity index (χ2n) is 7.72. The fourth-order valence-corrected chi connectivity index (χ4v) is 3.75. The molecule has 0 aliphatic carbocycles. The first kappa shape index (κ1) is 18.6. The third-order valence-electron chi connectivity index (χ3n) is 5.12. The minimum absolute atomic E-state index is 0.00998. The number of aryl methyl sites for hydroxylation is 1. The number of carbonyl (C=O) groups is 1. The molecule has 2 aromatic rings. The van der Waals surface area contributed by atoms with Crippen LogP contribution in [-0.2, 0) is 17.8 Å². The molecule has 1 amide bonds. The summed E-state index contributed by atoms with van der Waals surface area (Å²) in [6, 6.07) is 11.8. The Morgan fingerprint density at radius 2 is 1.86 bits per heavy atom. The molecule has 0 saturated carbocycles. The van der Waals surface area contributed by atoms with Crippen molar-refractivity contribution in [2.75, 3.05) is 34.0 Å². The van der Waals surface area contributed by atoms with Crippen molar-refractivity contribution in [3.63, 3.8) is 0 Å². The first-order valence-electron chi connectivity index (χ1n) is 9.54. The molecule has 2 aliphatic heterocycles. The summed E-state index contributed by atoms with van der Waals surface area (Å²) in [4.78, 5) is 17.3. The van der Waals surface area contributed by atoms with Crippen LogP contribution < -0.4 is 14.2 Å². The number of nitrogens with zero attached hydrogens (tertiary/aromatic N) is 2. The Morgan fingerprint density at radius 3 is 2.68 bits per heavy atom. The molecule has 4 rings (SSSR count). The molecule has 0 fully saturated rings. The van der Waals surface area contributed by atoms with E-state index in [4.69, 9.17) is 14.2 Å². The molecule has 1 atom stereocenters. The van der Waals surface area contributed by atoms with Crippen molar-refractivity contribution in [3.05, 3.63) is 53.1 Å². The summed E-state index contributed by atoms with van der Waals surface area (Å²) in [5.74, 6) is 2.39. The fourth-order valence-electron chi connectivity index (χ4n) is 3.75. The summed E-state index contributed by atoms with van der Waals surface area (Å²) in [6.07, 6.45) is 0.321. The minimum Gasteiger partial charge on any atom is -0.491 e. The summed E-state index contributed by atoms with van der Waals surface area (Å²) < 4.78 is 16.9. The predicted octanol–water partition coefficient (Wildman–Crippen LogP) is 2.62. The van der Waals surface area contributed by atoms with Crippen molar-refractivity contribution < 1.29 is 19.0 Å². The average molecular weight is 382 g/mol. The molecule has 6 nitrogen and oxygen atoms in total. The lowest BCUT2D eigenvalue weighted by Crippen LogP contribution is -2.47. The zero-order valence-corrected chi connectivity index (χ0v) is 16.6. The molecule has 6 heteroatoms. The first-order chi connectivity index (χ1) is 13.5. The van der Waals surface area contributed by atoms with Crippen molar-refractivity contribution in [2.45, 2.75) is 25.9 Å². The number of likely N-dealkylation sites (N-methyl/N-ethyl adjacent to an activating group) is 1. The minimum atomic E-state index is -0.00998. The largest absolute Gasteiger partial charge is 0.491 e. The number of carbonyl (C=O) groups excluding carboxylic acids is 1. The predicted molar refractivity (Wildman–Crippen MR) is 106 cm³/mol. The maximum Gasteiger partial charge on any atom is 0.231 e. The van der Waals surface area contributed by atoms with Gasteiger partial charge in [-0.15, -0.1) is 0 Å².